The van der Waals surface area contributed by atoms with Crippen molar-refractivity contribution in [2.24, 2.45) is 29.4 Å². The first-order valence-corrected chi connectivity index (χ1v) is 42.4. The number of carbonyl (C=O) groups is 19. The molecule has 3 fully saturated rings. The summed E-state index contributed by atoms with van der Waals surface area (Å²) in [6.07, 6.45) is 0.112. The van der Waals surface area contributed by atoms with Gasteiger partial charge < -0.3 is 120 Å². The molecule has 15 amide bonds. The maximum atomic E-state index is 14.8. The fourth-order valence-corrected chi connectivity index (χ4v) is 14.1. The molecule has 0 radical (unpaired) electrons. The minimum Gasteiger partial charge on any atom is -0.481 e. The van der Waals surface area contributed by atoms with Crippen molar-refractivity contribution in [3.8, 4) is 0 Å². The van der Waals surface area contributed by atoms with Gasteiger partial charge in [0, 0.05) is 69.1 Å². The molecule has 5 rings (SSSR count). The third kappa shape index (κ3) is 33.4. The lowest BCUT2D eigenvalue weighted by molar-refractivity contribution is -0.192. The van der Waals surface area contributed by atoms with E-state index >= 15 is 0 Å². The first kappa shape index (κ1) is 106. The van der Waals surface area contributed by atoms with Gasteiger partial charge in [-0.25, -0.2) is 19.6 Å². The number of carboxylic acid groups (broad SMARTS) is 4. The number of hydrogen-bond acceptors (Lipinski definition) is 24. The molecule has 3 aliphatic rings. The van der Waals surface area contributed by atoms with Gasteiger partial charge in [-0.05, 0) is 107 Å². The summed E-state index contributed by atoms with van der Waals surface area (Å²) >= 11 is 1.51. The van der Waals surface area contributed by atoms with Crippen molar-refractivity contribution in [3.05, 3.63) is 36.4 Å². The molecule has 5 heterocycles. The molecule has 2 aromatic heterocycles. The molecule has 0 aromatic carbocycles. The minimum atomic E-state index is -5.08. The number of halogens is 3. The van der Waals surface area contributed by atoms with Crippen LogP contribution in [0.3, 0.4) is 0 Å². The number of aliphatic carboxylic acids is 4. The van der Waals surface area contributed by atoms with Gasteiger partial charge in [0.25, 0.3) is 0 Å². The van der Waals surface area contributed by atoms with E-state index in [1.807, 2.05) is 6.26 Å². The quantitative estimate of drug-likeness (QED) is 0.0303. The average Bonchev–Trinajstić information content (AvgIpc) is 1.70. The van der Waals surface area contributed by atoms with Crippen molar-refractivity contribution >= 4 is 124 Å². The van der Waals surface area contributed by atoms with Gasteiger partial charge in [-0.1, -0.05) is 68.2 Å². The molecule has 21 N–H and O–H groups in total. The third-order valence-electron chi connectivity index (χ3n) is 21.3. The number of carbonyl (C=O) groups excluding carboxylic acids is 15. The smallest absolute Gasteiger partial charge is 0.481 e. The van der Waals surface area contributed by atoms with Crippen LogP contribution in [-0.2, 0) is 104 Å². The molecule has 3 saturated heterocycles. The molecular formula is C77H119F3N20O24S. The van der Waals surface area contributed by atoms with Gasteiger partial charge >= 0.3 is 30.1 Å². The summed E-state index contributed by atoms with van der Waals surface area (Å²) in [4.78, 5) is 271. The highest BCUT2D eigenvalue weighted by Crippen LogP contribution is 2.25. The van der Waals surface area contributed by atoms with Crippen LogP contribution in [0.15, 0.2) is 25.0 Å². The first-order chi connectivity index (χ1) is 58.7. The summed E-state index contributed by atoms with van der Waals surface area (Å²) in [5, 5.41) is 77.0. The Morgan fingerprint density at radius 1 is 0.480 bits per heavy atom. The second-order valence-electron chi connectivity index (χ2n) is 31.5. The predicted molar refractivity (Wildman–Crippen MR) is 436 cm³/mol. The first-order valence-electron chi connectivity index (χ1n) is 41.0. The van der Waals surface area contributed by atoms with Crippen LogP contribution >= 0.6 is 11.8 Å². The molecule has 44 nitrogen and oxygen atoms in total. The molecule has 3 aliphatic heterocycles. The Morgan fingerprint density at radius 3 is 1.28 bits per heavy atom. The number of aliphatic hydroxyl groups excluding tert-OH is 1. The molecule has 0 aliphatic carbocycles. The number of rotatable bonds is 48. The van der Waals surface area contributed by atoms with E-state index in [0.717, 1.165) is 4.90 Å². The minimum absolute atomic E-state index is 0.0242. The molecule has 0 saturated carbocycles. The summed E-state index contributed by atoms with van der Waals surface area (Å²) in [5.74, 6) is -21.3. The lowest BCUT2D eigenvalue weighted by Gasteiger charge is -2.33. The highest BCUT2D eigenvalue weighted by molar-refractivity contribution is 7.98. The zero-order chi connectivity index (χ0) is 94.0. The number of alkyl halides is 3. The van der Waals surface area contributed by atoms with Crippen LogP contribution in [0.25, 0.3) is 0 Å². The van der Waals surface area contributed by atoms with Crippen LogP contribution in [0.1, 0.15) is 164 Å². The van der Waals surface area contributed by atoms with Crippen LogP contribution < -0.4 is 69.5 Å². The van der Waals surface area contributed by atoms with Crippen molar-refractivity contribution in [1.29, 1.82) is 0 Å². The number of imidazole rings is 2. The molecule has 17 atom stereocenters. The van der Waals surface area contributed by atoms with Gasteiger partial charge in [0.05, 0.1) is 37.9 Å². The van der Waals surface area contributed by atoms with Crippen molar-refractivity contribution in [2.45, 2.75) is 262 Å². The highest BCUT2D eigenvalue weighted by atomic mass is 32.2. The van der Waals surface area contributed by atoms with E-state index in [4.69, 9.17) is 20.7 Å². The van der Waals surface area contributed by atoms with E-state index in [2.05, 4.69) is 83.7 Å². The number of nitrogens with two attached hydrogens (primary N) is 1. The second-order valence-corrected chi connectivity index (χ2v) is 32.5. The van der Waals surface area contributed by atoms with Crippen molar-refractivity contribution in [2.75, 3.05) is 44.7 Å². The van der Waals surface area contributed by atoms with Gasteiger partial charge in [0.15, 0.2) is 0 Å². The number of nitrogens with one attached hydrogen (secondary N) is 14. The van der Waals surface area contributed by atoms with Gasteiger partial charge in [-0.15, -0.1) is 0 Å². The number of aliphatic hydroxyl groups is 1. The summed E-state index contributed by atoms with van der Waals surface area (Å²) in [7, 11) is 0. The maximum Gasteiger partial charge on any atom is 0.490 e. The van der Waals surface area contributed by atoms with E-state index in [-0.39, 0.29) is 64.6 Å². The summed E-state index contributed by atoms with van der Waals surface area (Å²) in [6.45, 7) is 14.8. The SMILES string of the molecule is CC[C@H](C)[C@H](NC(=O)[C@@H](NC(=O)[C@@H]1CCCN1C(=O)[C@H](Cc1cnc[nH]1)NC(=O)[C@@H]1CCCN1C(=O)CNC(=O)[C@H](C)NC(=O)[C@@H](N)CCSC)C(C)C)C(=O)N[C@H](C(=O)N[C@H](C(=O)N[C@H](C(=O)NCC(=O)N1CCC[C@H]1C(=O)N[C@@H](Cc1cnc[nH]1)C(=O)N[C@@H](CCC(=O)O)C(=O)N[C@@H](CCC(=O)O)C(=O)O)[C@@H](C)O)[C@@H](C)CC)C(C)C.O=C(O)C(F)(F)F. The Labute approximate surface area is 722 Å². The third-order valence-corrected chi connectivity index (χ3v) is 21.9. The second kappa shape index (κ2) is 51.0. The van der Waals surface area contributed by atoms with Gasteiger partial charge in [0.2, 0.25) is 88.6 Å². The van der Waals surface area contributed by atoms with Crippen molar-refractivity contribution < 1.29 is 130 Å². The van der Waals surface area contributed by atoms with Crippen LogP contribution in [0.2, 0.25) is 0 Å². The number of thioether (sulfide) groups is 1. The normalized spacial score (nSPS) is 18.4. The van der Waals surface area contributed by atoms with E-state index in [0.29, 0.717) is 42.8 Å². The number of H-pyrrole nitrogens is 2. The molecule has 698 valence electrons. The number of carboxylic acids is 4. The molecule has 0 bridgehead atoms. The van der Waals surface area contributed by atoms with Crippen LogP contribution in [0.4, 0.5) is 13.2 Å². The zero-order valence-electron chi connectivity index (χ0n) is 71.5. The summed E-state index contributed by atoms with van der Waals surface area (Å²) in [6, 6.07) is -18.8. The number of likely N-dealkylation sites (tertiary alicyclic amines) is 3. The van der Waals surface area contributed by atoms with Crippen LogP contribution in [0, 0.1) is 23.7 Å². The largest absolute Gasteiger partial charge is 0.490 e. The van der Waals surface area contributed by atoms with E-state index < -0.39 is 272 Å². The summed E-state index contributed by atoms with van der Waals surface area (Å²) in [5.41, 5.74) is 6.69. The Hall–Kier alpha value is -11.6. The Kier molecular flexibility index (Phi) is 43.1. The van der Waals surface area contributed by atoms with Crippen LogP contribution in [0.5, 0.6) is 0 Å². The monoisotopic (exact) mass is 1800 g/mol. The molecule has 48 heteroatoms. The van der Waals surface area contributed by atoms with Gasteiger partial charge in [0.1, 0.15) is 78.5 Å². The van der Waals surface area contributed by atoms with E-state index in [1.54, 1.807) is 55.4 Å². The Bertz CT molecular complexity index is 4070. The molecule has 0 unspecified atom stereocenters. The predicted octanol–water partition coefficient (Wildman–Crippen LogP) is -3.70. The Balaban J connectivity index is 0.00000447. The highest BCUT2D eigenvalue weighted by Gasteiger charge is 2.45. The zero-order valence-corrected chi connectivity index (χ0v) is 72.3. The summed E-state index contributed by atoms with van der Waals surface area (Å²) < 4.78 is 31.7. The van der Waals surface area contributed by atoms with E-state index in [9.17, 15) is 115 Å². The van der Waals surface area contributed by atoms with Gasteiger partial charge in [-0.2, -0.15) is 24.9 Å². The topological polar surface area (TPSA) is 663 Å². The number of aromatic nitrogens is 4. The van der Waals surface area contributed by atoms with Crippen molar-refractivity contribution in [1.82, 2.24) is 98.4 Å². The number of nitrogens with zero attached hydrogens (tertiary/aromatic N) is 5. The van der Waals surface area contributed by atoms with Gasteiger partial charge in [-0.3, -0.25) is 81.5 Å². The van der Waals surface area contributed by atoms with Crippen molar-refractivity contribution in [3.63, 3.8) is 0 Å². The Morgan fingerprint density at radius 2 is 0.864 bits per heavy atom. The van der Waals surface area contributed by atoms with E-state index in [1.165, 1.54) is 60.5 Å². The average molecular weight is 1800 g/mol. The number of aromatic amines is 2. The molecular weight excluding hydrogens is 1680 g/mol. The molecule has 0 spiro atoms. The standard InChI is InChI=1S/C75H118N20O22S.C2HF3O2/c1-12-39(7)59(90-70(111)57(37(3)4)88-68(109)52-19-16-27-95(52)74(115)49(30-44-32-78-36-82-44)87-67(108)51-18-15-26-94(51)53(97)33-79-62(103)41(9)83-63(104)45(76)24-28-118-11)72(113)89-58(38(5)6)71(112)91-60(40(8)13-2)73(114)92-61(42(10)96)69(110)80-34-54(98)93-25-14-17-50(93)66(107)86-48(29-43-31-77-35-81-43)65(106)84-46(20-22-55(99)100)64(105)85-47(75(116)117)21-23-56(101)102;3-2(4,5)1(6)7/h31-32,35-42,45-52,57-61,96H,12-30,33-34,76H2,1-11H3,(H,77,81)(H,78,82)(H,79,103)(H,80,110)(H,83,104)(H,84,106)(H,85,105)(H,86,107)(H,87,108)(H,88,109)(H,89,113)(H,90,111)(H,91,112)(H,92,114)(H,99,100)(H,101,102)(H,116,117);(H,6,7)/t39-,40-,41-,42+,45-,46-,47-,48-,49-,50-,51-,52-,57-,58-,59-,60-,61-;/m0./s1. The lowest BCUT2D eigenvalue weighted by Crippen LogP contribution is -2.63. The van der Waals surface area contributed by atoms with Crippen LogP contribution in [-0.4, -0.2) is 314 Å². The number of hydrogen-bond donors (Lipinski definition) is 20. The molecule has 125 heavy (non-hydrogen) atoms. The fraction of sp³-hybridized carbons (Fsp3) is 0.675. The lowest BCUT2D eigenvalue weighted by atomic mass is 9.94. The maximum absolute atomic E-state index is 14.8. The fourth-order valence-electron chi connectivity index (χ4n) is 13.6. The molecule has 2 aromatic rings. The number of amides is 15.